The summed E-state index contributed by atoms with van der Waals surface area (Å²) in [5.74, 6) is -3.11. The normalized spacial score (nSPS) is 11.1. The molecule has 23 heavy (non-hydrogen) atoms. The predicted octanol–water partition coefficient (Wildman–Crippen LogP) is 2.56. The minimum atomic E-state index is -1.17. The first-order valence-corrected chi connectivity index (χ1v) is 7.35. The zero-order chi connectivity index (χ0) is 16.7. The highest BCUT2D eigenvalue weighted by molar-refractivity contribution is 7.19. The smallest absolute Gasteiger partial charge is 0.365 e. The molecule has 1 aromatic carbocycles. The van der Waals surface area contributed by atoms with Crippen LogP contribution in [0.5, 0.6) is 0 Å². The fourth-order valence-corrected chi connectivity index (χ4v) is 3.12. The fourth-order valence-electron chi connectivity index (χ4n) is 2.28. The van der Waals surface area contributed by atoms with Crippen molar-refractivity contribution < 1.29 is 18.7 Å². The highest BCUT2D eigenvalue weighted by atomic mass is 32.1. The number of aromatic nitrogens is 2. The molecule has 0 radical (unpaired) electrons. The van der Waals surface area contributed by atoms with Gasteiger partial charge in [-0.15, -0.1) is 0 Å². The molecule has 0 bridgehead atoms. The van der Waals surface area contributed by atoms with Crippen LogP contribution in [0.25, 0.3) is 10.3 Å². The summed E-state index contributed by atoms with van der Waals surface area (Å²) in [6, 6.07) is 4.91. The minimum absolute atomic E-state index is 0.0970. The van der Waals surface area contributed by atoms with Crippen molar-refractivity contribution in [3.8, 4) is 0 Å². The number of halogens is 2. The highest BCUT2D eigenvalue weighted by Crippen LogP contribution is 2.22. The van der Waals surface area contributed by atoms with E-state index in [1.165, 1.54) is 23.7 Å². The molecule has 0 saturated heterocycles. The summed E-state index contributed by atoms with van der Waals surface area (Å²) >= 11 is 0.908. The first-order chi connectivity index (χ1) is 10.9. The fraction of sp³-hybridized carbons (Fsp3) is 0.133. The second-order valence-electron chi connectivity index (χ2n) is 4.97. The topological polar surface area (TPSA) is 72.2 Å². The number of aryl methyl sites for hydroxylation is 1. The molecule has 0 amide bonds. The standard InChI is InChI=1S/C15H10F2N2O3S/c1-19-13(20)8(4-7-2-3-9(16)10(17)5-7)6-11-14(19)23-12(18-11)15(21)22/h2-3,5-6H,4H2,1H3,(H,21,22). The van der Waals surface area contributed by atoms with Crippen LogP contribution < -0.4 is 5.56 Å². The number of aromatic carboxylic acids is 1. The van der Waals surface area contributed by atoms with Gasteiger partial charge in [-0.3, -0.25) is 4.79 Å². The Morgan fingerprint density at radius 2 is 2.04 bits per heavy atom. The minimum Gasteiger partial charge on any atom is -0.476 e. The van der Waals surface area contributed by atoms with Gasteiger partial charge in [0.25, 0.3) is 5.56 Å². The largest absolute Gasteiger partial charge is 0.476 e. The van der Waals surface area contributed by atoms with Crippen molar-refractivity contribution in [3.63, 3.8) is 0 Å². The summed E-state index contributed by atoms with van der Waals surface area (Å²) in [6.45, 7) is 0. The van der Waals surface area contributed by atoms with E-state index in [9.17, 15) is 18.4 Å². The second-order valence-corrected chi connectivity index (χ2v) is 5.95. The number of carboxylic acids is 1. The summed E-state index contributed by atoms with van der Waals surface area (Å²) in [4.78, 5) is 27.8. The van der Waals surface area contributed by atoms with E-state index in [-0.39, 0.29) is 17.0 Å². The van der Waals surface area contributed by atoms with Gasteiger partial charge in [-0.25, -0.2) is 18.6 Å². The Balaban J connectivity index is 2.10. The molecule has 118 valence electrons. The Kier molecular flexibility index (Phi) is 3.69. The molecule has 3 rings (SSSR count). The van der Waals surface area contributed by atoms with E-state index in [2.05, 4.69) is 4.98 Å². The summed E-state index contributed by atoms with van der Waals surface area (Å²) in [6.07, 6.45) is 0.0970. The molecule has 0 atom stereocenters. The third kappa shape index (κ3) is 2.72. The third-order valence-corrected chi connectivity index (χ3v) is 4.53. The summed E-state index contributed by atoms with van der Waals surface area (Å²) in [5, 5.41) is 8.88. The lowest BCUT2D eigenvalue weighted by Crippen LogP contribution is -2.20. The summed E-state index contributed by atoms with van der Waals surface area (Å²) in [7, 11) is 1.52. The Morgan fingerprint density at radius 3 is 2.70 bits per heavy atom. The van der Waals surface area contributed by atoms with Crippen molar-refractivity contribution in [2.45, 2.75) is 6.42 Å². The van der Waals surface area contributed by atoms with E-state index >= 15 is 0 Å². The Labute approximate surface area is 132 Å². The van der Waals surface area contributed by atoms with Crippen LogP contribution in [0.4, 0.5) is 8.78 Å². The lowest BCUT2D eigenvalue weighted by atomic mass is 10.1. The van der Waals surface area contributed by atoms with E-state index in [1.807, 2.05) is 0 Å². The number of rotatable bonds is 3. The summed E-state index contributed by atoms with van der Waals surface area (Å²) in [5.41, 5.74) is 0.817. The Morgan fingerprint density at radius 1 is 1.30 bits per heavy atom. The molecule has 8 heteroatoms. The quantitative estimate of drug-likeness (QED) is 0.798. The van der Waals surface area contributed by atoms with E-state index in [0.717, 1.165) is 23.5 Å². The molecular formula is C15H10F2N2O3S. The lowest BCUT2D eigenvalue weighted by Gasteiger charge is -2.05. The molecule has 0 unspecified atom stereocenters. The van der Waals surface area contributed by atoms with Crippen LogP contribution in [0.15, 0.2) is 29.1 Å². The number of carbonyl (C=O) groups is 1. The zero-order valence-corrected chi connectivity index (χ0v) is 12.7. The molecule has 0 aliphatic carbocycles. The maximum atomic E-state index is 13.3. The monoisotopic (exact) mass is 336 g/mol. The van der Waals surface area contributed by atoms with Crippen molar-refractivity contribution in [1.82, 2.24) is 9.55 Å². The van der Waals surface area contributed by atoms with E-state index in [4.69, 9.17) is 5.11 Å². The molecule has 2 aromatic heterocycles. The van der Waals surface area contributed by atoms with Gasteiger partial charge >= 0.3 is 5.97 Å². The number of hydrogen-bond acceptors (Lipinski definition) is 4. The second kappa shape index (κ2) is 5.54. The lowest BCUT2D eigenvalue weighted by molar-refractivity contribution is 0.0696. The van der Waals surface area contributed by atoms with E-state index in [0.29, 0.717) is 21.5 Å². The van der Waals surface area contributed by atoms with Gasteiger partial charge in [0.2, 0.25) is 5.01 Å². The third-order valence-electron chi connectivity index (χ3n) is 3.39. The molecule has 2 heterocycles. The molecule has 5 nitrogen and oxygen atoms in total. The molecule has 3 aromatic rings. The van der Waals surface area contributed by atoms with E-state index < -0.39 is 17.6 Å². The first kappa shape index (κ1) is 15.3. The van der Waals surface area contributed by atoms with Crippen molar-refractivity contribution in [2.24, 2.45) is 7.05 Å². The van der Waals surface area contributed by atoms with Gasteiger partial charge in [0, 0.05) is 19.0 Å². The molecule has 0 aliphatic heterocycles. The zero-order valence-electron chi connectivity index (χ0n) is 11.8. The molecular weight excluding hydrogens is 326 g/mol. The number of fused-ring (bicyclic) bond motifs is 1. The Hall–Kier alpha value is -2.61. The van der Waals surface area contributed by atoms with Gasteiger partial charge in [-0.05, 0) is 23.8 Å². The number of carboxylic acid groups (broad SMARTS) is 1. The number of hydrogen-bond donors (Lipinski definition) is 1. The van der Waals surface area contributed by atoms with Gasteiger partial charge in [0.05, 0.1) is 5.52 Å². The van der Waals surface area contributed by atoms with Crippen molar-refractivity contribution in [3.05, 3.63) is 62.4 Å². The molecule has 0 spiro atoms. The SMILES string of the molecule is Cn1c(=O)c(Cc2ccc(F)c(F)c2)cc2nc(C(=O)O)sc21. The summed E-state index contributed by atoms with van der Waals surface area (Å²) < 4.78 is 27.5. The first-order valence-electron chi connectivity index (χ1n) is 6.53. The van der Waals surface area contributed by atoms with Crippen molar-refractivity contribution in [1.29, 1.82) is 0 Å². The van der Waals surface area contributed by atoms with Crippen molar-refractivity contribution >= 4 is 27.7 Å². The van der Waals surface area contributed by atoms with E-state index in [1.54, 1.807) is 0 Å². The van der Waals surface area contributed by atoms with Gasteiger partial charge < -0.3 is 9.67 Å². The van der Waals surface area contributed by atoms with Crippen LogP contribution in [-0.4, -0.2) is 20.6 Å². The number of nitrogens with zero attached hydrogens (tertiary/aromatic N) is 2. The molecule has 0 saturated carbocycles. The molecule has 0 aliphatic rings. The van der Waals surface area contributed by atoms with Crippen LogP contribution in [0, 0.1) is 11.6 Å². The maximum absolute atomic E-state index is 13.3. The van der Waals surface area contributed by atoms with Gasteiger partial charge in [-0.2, -0.15) is 0 Å². The maximum Gasteiger partial charge on any atom is 0.365 e. The van der Waals surface area contributed by atoms with Gasteiger partial charge in [0.1, 0.15) is 4.83 Å². The van der Waals surface area contributed by atoms with Crippen LogP contribution in [0.2, 0.25) is 0 Å². The van der Waals surface area contributed by atoms with Crippen LogP contribution in [0.1, 0.15) is 20.9 Å². The predicted molar refractivity (Wildman–Crippen MR) is 81.0 cm³/mol. The van der Waals surface area contributed by atoms with Crippen LogP contribution in [0.3, 0.4) is 0 Å². The molecule has 0 fully saturated rings. The average Bonchev–Trinajstić information content (AvgIpc) is 2.93. The van der Waals surface area contributed by atoms with Crippen LogP contribution in [-0.2, 0) is 13.5 Å². The number of thiazole rings is 1. The average molecular weight is 336 g/mol. The van der Waals surface area contributed by atoms with Crippen LogP contribution >= 0.6 is 11.3 Å². The highest BCUT2D eigenvalue weighted by Gasteiger charge is 2.16. The van der Waals surface area contributed by atoms with Gasteiger partial charge in [-0.1, -0.05) is 17.4 Å². The molecule has 1 N–H and O–H groups in total. The van der Waals surface area contributed by atoms with Gasteiger partial charge in [0.15, 0.2) is 11.6 Å². The number of pyridine rings is 1. The Bertz CT molecular complexity index is 994. The van der Waals surface area contributed by atoms with Crippen molar-refractivity contribution in [2.75, 3.05) is 0 Å². The number of benzene rings is 1.